The second-order valence-electron chi connectivity index (χ2n) is 4.31. The van der Waals surface area contributed by atoms with E-state index in [0.717, 1.165) is 18.4 Å². The van der Waals surface area contributed by atoms with Crippen LogP contribution in [-0.2, 0) is 0 Å². The molecule has 84 valence electrons. The molecule has 15 heavy (non-hydrogen) atoms. The predicted molar refractivity (Wildman–Crippen MR) is 63.5 cm³/mol. The van der Waals surface area contributed by atoms with E-state index in [1.165, 1.54) is 32.4 Å². The summed E-state index contributed by atoms with van der Waals surface area (Å²) in [6, 6.07) is 2.95. The molecule has 0 fully saturated rings. The topological polar surface area (TPSA) is 27.0 Å². The molecule has 0 spiro atoms. The van der Waals surface area contributed by atoms with E-state index in [9.17, 15) is 0 Å². The maximum atomic E-state index is 8.79. The summed E-state index contributed by atoms with van der Waals surface area (Å²) in [6.07, 6.45) is 7.80. The molecule has 1 aliphatic carbocycles. The lowest BCUT2D eigenvalue weighted by Gasteiger charge is -2.32. The fourth-order valence-electron chi connectivity index (χ4n) is 2.30. The summed E-state index contributed by atoms with van der Waals surface area (Å²) in [5.74, 6) is 0. The molecule has 2 nitrogen and oxygen atoms in total. The summed E-state index contributed by atoms with van der Waals surface area (Å²) < 4.78 is 0. The number of allylic oxidation sites excluding steroid dienone is 1. The fraction of sp³-hybridized carbons (Fsp3) is 0.769. The van der Waals surface area contributed by atoms with Gasteiger partial charge in [0.2, 0.25) is 0 Å². The van der Waals surface area contributed by atoms with Gasteiger partial charge in [0.05, 0.1) is 6.07 Å². The lowest BCUT2D eigenvalue weighted by atomic mass is 9.94. The van der Waals surface area contributed by atoms with Crippen LogP contribution in [0.4, 0.5) is 0 Å². The number of rotatable bonds is 5. The summed E-state index contributed by atoms with van der Waals surface area (Å²) in [7, 11) is 0. The molecule has 0 N–H and O–H groups in total. The number of hydrogen-bond donors (Lipinski definition) is 0. The molecule has 2 heteroatoms. The van der Waals surface area contributed by atoms with E-state index in [-0.39, 0.29) is 0 Å². The van der Waals surface area contributed by atoms with Crippen molar-refractivity contribution in [2.75, 3.05) is 13.1 Å². The van der Waals surface area contributed by atoms with E-state index in [2.05, 4.69) is 30.9 Å². The lowest BCUT2D eigenvalue weighted by molar-refractivity contribution is 0.184. The van der Waals surface area contributed by atoms with Gasteiger partial charge < -0.3 is 4.90 Å². The van der Waals surface area contributed by atoms with Gasteiger partial charge in [0.25, 0.3) is 0 Å². The van der Waals surface area contributed by atoms with Gasteiger partial charge in [-0.25, -0.2) is 0 Å². The highest BCUT2D eigenvalue weighted by Gasteiger charge is 2.19. The molecule has 0 saturated heterocycles. The molecule has 0 radical (unpaired) electrons. The van der Waals surface area contributed by atoms with E-state index in [4.69, 9.17) is 5.26 Å². The molecule has 0 aromatic rings. The summed E-state index contributed by atoms with van der Waals surface area (Å²) in [4.78, 5) is 2.59. The van der Waals surface area contributed by atoms with Gasteiger partial charge in [-0.15, -0.1) is 0 Å². The molecule has 0 aliphatic heterocycles. The Kier molecular flexibility index (Phi) is 5.42. The Labute approximate surface area is 93.6 Å². The van der Waals surface area contributed by atoms with Gasteiger partial charge in [0.15, 0.2) is 0 Å². The Morgan fingerprint density at radius 2 is 2.07 bits per heavy atom. The van der Waals surface area contributed by atoms with E-state index in [0.29, 0.717) is 6.04 Å². The van der Waals surface area contributed by atoms with Gasteiger partial charge in [0, 0.05) is 11.6 Å². The van der Waals surface area contributed by atoms with Crippen LogP contribution in [-0.4, -0.2) is 24.0 Å². The quantitative estimate of drug-likeness (QED) is 0.691. The van der Waals surface area contributed by atoms with Gasteiger partial charge in [0.1, 0.15) is 0 Å². The van der Waals surface area contributed by atoms with Crippen LogP contribution in [0.1, 0.15) is 46.0 Å². The van der Waals surface area contributed by atoms with Crippen molar-refractivity contribution in [3.8, 4) is 6.07 Å². The largest absolute Gasteiger partial charge is 0.300 e. The smallest absolute Gasteiger partial charge is 0.0943 e. The van der Waals surface area contributed by atoms with Crippen LogP contribution in [0, 0.1) is 11.3 Å². The van der Waals surface area contributed by atoms with Crippen LogP contribution in [0.3, 0.4) is 0 Å². The first-order valence-corrected chi connectivity index (χ1v) is 6.15. The molecule has 0 aromatic heterocycles. The first kappa shape index (κ1) is 12.3. The van der Waals surface area contributed by atoms with Crippen molar-refractivity contribution in [1.82, 2.24) is 4.90 Å². The van der Waals surface area contributed by atoms with Crippen LogP contribution in [0.5, 0.6) is 0 Å². The van der Waals surface area contributed by atoms with Gasteiger partial charge in [-0.2, -0.15) is 5.26 Å². The van der Waals surface area contributed by atoms with Crippen LogP contribution < -0.4 is 0 Å². The zero-order chi connectivity index (χ0) is 11.1. The maximum Gasteiger partial charge on any atom is 0.0943 e. The van der Waals surface area contributed by atoms with Crippen molar-refractivity contribution in [2.24, 2.45) is 0 Å². The van der Waals surface area contributed by atoms with E-state index < -0.39 is 0 Å². The van der Waals surface area contributed by atoms with Crippen LogP contribution in [0.25, 0.3) is 0 Å². The van der Waals surface area contributed by atoms with Gasteiger partial charge >= 0.3 is 0 Å². The highest BCUT2D eigenvalue weighted by molar-refractivity contribution is 5.23. The number of nitriles is 1. The van der Waals surface area contributed by atoms with Gasteiger partial charge in [-0.05, 0) is 45.2 Å². The highest BCUT2D eigenvalue weighted by Crippen LogP contribution is 2.22. The summed E-state index contributed by atoms with van der Waals surface area (Å²) in [5.41, 5.74) is 0.985. The molecule has 0 unspecified atom stereocenters. The Morgan fingerprint density at radius 3 is 2.47 bits per heavy atom. The number of nitrogens with zero attached hydrogens (tertiary/aromatic N) is 2. The Bertz CT molecular complexity index is 244. The van der Waals surface area contributed by atoms with Crippen LogP contribution >= 0.6 is 0 Å². The van der Waals surface area contributed by atoms with Crippen molar-refractivity contribution in [1.29, 1.82) is 5.26 Å². The van der Waals surface area contributed by atoms with Crippen molar-refractivity contribution in [2.45, 2.75) is 52.0 Å². The minimum absolute atomic E-state index is 0.682. The first-order chi connectivity index (χ1) is 7.31. The molecular formula is C13H22N2. The second-order valence-corrected chi connectivity index (χ2v) is 4.31. The zero-order valence-electron chi connectivity index (χ0n) is 10.00. The zero-order valence-corrected chi connectivity index (χ0v) is 10.00. The Morgan fingerprint density at radius 1 is 1.40 bits per heavy atom. The fourth-order valence-corrected chi connectivity index (χ4v) is 2.30. The third kappa shape index (κ3) is 3.68. The van der Waals surface area contributed by atoms with Crippen molar-refractivity contribution in [3.63, 3.8) is 0 Å². The third-order valence-corrected chi connectivity index (χ3v) is 3.06. The Balaban J connectivity index is 2.49. The monoisotopic (exact) mass is 206 g/mol. The Hall–Kier alpha value is -0.810. The minimum Gasteiger partial charge on any atom is -0.300 e. The molecule has 1 rings (SSSR count). The molecular weight excluding hydrogens is 184 g/mol. The molecule has 0 saturated carbocycles. The summed E-state index contributed by atoms with van der Waals surface area (Å²) in [5, 5.41) is 8.79. The molecule has 0 amide bonds. The predicted octanol–water partition coefficient (Wildman–Crippen LogP) is 3.11. The molecule has 1 aliphatic rings. The maximum absolute atomic E-state index is 8.79. The van der Waals surface area contributed by atoms with E-state index >= 15 is 0 Å². The van der Waals surface area contributed by atoms with E-state index in [1.54, 1.807) is 0 Å². The van der Waals surface area contributed by atoms with E-state index in [1.807, 2.05) is 0 Å². The molecule has 1 atom stereocenters. The van der Waals surface area contributed by atoms with Crippen molar-refractivity contribution >= 4 is 0 Å². The summed E-state index contributed by atoms with van der Waals surface area (Å²) >= 11 is 0. The average Bonchev–Trinajstić information content (AvgIpc) is 2.29. The van der Waals surface area contributed by atoms with Crippen molar-refractivity contribution < 1.29 is 0 Å². The lowest BCUT2D eigenvalue weighted by Crippen LogP contribution is -2.37. The average molecular weight is 206 g/mol. The summed E-state index contributed by atoms with van der Waals surface area (Å²) in [6.45, 7) is 6.88. The highest BCUT2D eigenvalue weighted by atomic mass is 15.1. The standard InChI is InChI=1S/C13H22N2/c1-3-9-15(10-4-2)13-7-5-12(11-14)6-8-13/h5,13H,3-4,6-10H2,1-2H3/t13-/m0/s1. The third-order valence-electron chi connectivity index (χ3n) is 3.06. The van der Waals surface area contributed by atoms with Crippen molar-refractivity contribution in [3.05, 3.63) is 11.6 Å². The first-order valence-electron chi connectivity index (χ1n) is 6.15. The normalized spacial score (nSPS) is 21.2. The van der Waals surface area contributed by atoms with Crippen LogP contribution in [0.15, 0.2) is 11.6 Å². The SMILES string of the molecule is CCCN(CCC)[C@H]1CC=C(C#N)CC1. The molecule has 0 heterocycles. The minimum atomic E-state index is 0.682. The van der Waals surface area contributed by atoms with Crippen LogP contribution in [0.2, 0.25) is 0 Å². The number of hydrogen-bond acceptors (Lipinski definition) is 2. The van der Waals surface area contributed by atoms with Gasteiger partial charge in [-0.1, -0.05) is 19.9 Å². The molecule has 0 aromatic carbocycles. The second kappa shape index (κ2) is 6.63. The van der Waals surface area contributed by atoms with Gasteiger partial charge in [-0.3, -0.25) is 0 Å². The molecule has 0 bridgehead atoms.